The summed E-state index contributed by atoms with van der Waals surface area (Å²) in [6.45, 7) is 7.99. The second kappa shape index (κ2) is 26.8. The van der Waals surface area contributed by atoms with Crippen LogP contribution >= 0.6 is 0 Å². The molecule has 0 radical (unpaired) electrons. The van der Waals surface area contributed by atoms with E-state index in [1.807, 2.05) is 20.8 Å². The molecule has 33 heavy (non-hydrogen) atoms. The molecule has 0 aromatic heterocycles. The van der Waals surface area contributed by atoms with Crippen LogP contribution in [0.2, 0.25) is 0 Å². The predicted molar refractivity (Wildman–Crippen MR) is 137 cm³/mol. The Morgan fingerprint density at radius 3 is 1.33 bits per heavy atom. The lowest BCUT2D eigenvalue weighted by molar-refractivity contribution is -0.742. The minimum absolute atomic E-state index is 0.153. The van der Waals surface area contributed by atoms with Gasteiger partial charge in [0, 0.05) is 12.0 Å². The summed E-state index contributed by atoms with van der Waals surface area (Å²) in [5.41, 5.74) is 10.3. The van der Waals surface area contributed by atoms with Crippen LogP contribution in [-0.2, 0) is 4.79 Å². The molecule has 8 nitrogen and oxygen atoms in total. The normalized spacial score (nSPS) is 11.6. The first-order chi connectivity index (χ1) is 15.5. The van der Waals surface area contributed by atoms with Gasteiger partial charge in [-0.25, -0.2) is 0 Å². The van der Waals surface area contributed by atoms with Crippen LogP contribution in [0.3, 0.4) is 0 Å². The summed E-state index contributed by atoms with van der Waals surface area (Å²) in [6, 6.07) is 0. The van der Waals surface area contributed by atoms with Crippen molar-refractivity contribution in [2.45, 2.75) is 155 Å². The first-order valence-corrected chi connectivity index (χ1v) is 13.1. The molecule has 0 saturated carbocycles. The molecule has 0 spiro atoms. The summed E-state index contributed by atoms with van der Waals surface area (Å²) in [5.74, 6) is -0.153. The molecule has 0 saturated heterocycles. The number of carbonyl (C=O) groups excluding carboxylic acids is 1. The average molecular weight is 478 g/mol. The number of rotatable bonds is 19. The van der Waals surface area contributed by atoms with E-state index in [2.05, 4.69) is 6.92 Å². The number of aliphatic hydroxyl groups excluding tert-OH is 1. The second-order valence-electron chi connectivity index (χ2n) is 9.53. The number of primary amides is 1. The SMILES string of the molecule is CCCC(O)C(C)(C)N.CCCCCCCCCCCCCCCCCC(N)=O.O=[N+]([O-])O. The van der Waals surface area contributed by atoms with E-state index in [-0.39, 0.29) is 12.0 Å². The van der Waals surface area contributed by atoms with E-state index in [1.165, 1.54) is 89.9 Å². The fraction of sp³-hybridized carbons (Fsp3) is 0.960. The van der Waals surface area contributed by atoms with E-state index in [0.717, 1.165) is 19.3 Å². The fourth-order valence-electron chi connectivity index (χ4n) is 3.32. The molecule has 6 N–H and O–H groups in total. The average Bonchev–Trinajstić information content (AvgIpc) is 2.70. The Bertz CT molecular complexity index is 425. The molecule has 8 heteroatoms. The van der Waals surface area contributed by atoms with Gasteiger partial charge in [-0.15, -0.1) is 10.1 Å². The highest BCUT2D eigenvalue weighted by Gasteiger charge is 2.20. The van der Waals surface area contributed by atoms with Crippen molar-refractivity contribution in [1.29, 1.82) is 0 Å². The van der Waals surface area contributed by atoms with Crippen LogP contribution in [0.5, 0.6) is 0 Å². The van der Waals surface area contributed by atoms with Gasteiger partial charge >= 0.3 is 0 Å². The molecule has 1 amide bonds. The summed E-state index contributed by atoms with van der Waals surface area (Å²) in [4.78, 5) is 18.9. The van der Waals surface area contributed by atoms with Gasteiger partial charge < -0.3 is 21.8 Å². The summed E-state index contributed by atoms with van der Waals surface area (Å²) in [5, 5.41) is 22.9. The van der Waals surface area contributed by atoms with E-state index in [4.69, 9.17) is 26.8 Å². The minimum Gasteiger partial charge on any atom is -0.391 e. The summed E-state index contributed by atoms with van der Waals surface area (Å²) in [7, 11) is 0. The highest BCUT2D eigenvalue weighted by atomic mass is 16.9. The highest BCUT2D eigenvalue weighted by Crippen LogP contribution is 2.13. The Morgan fingerprint density at radius 2 is 1.12 bits per heavy atom. The van der Waals surface area contributed by atoms with Crippen molar-refractivity contribution in [2.75, 3.05) is 0 Å². The number of unbranched alkanes of at least 4 members (excludes halogenated alkanes) is 14. The molecule has 0 aromatic carbocycles. The van der Waals surface area contributed by atoms with Gasteiger partial charge in [-0.2, -0.15) is 0 Å². The molecule has 1 unspecified atom stereocenters. The van der Waals surface area contributed by atoms with Crippen molar-refractivity contribution in [2.24, 2.45) is 11.5 Å². The van der Waals surface area contributed by atoms with Crippen molar-refractivity contribution >= 4 is 5.91 Å². The molecule has 0 rings (SSSR count). The molecular weight excluding hydrogens is 422 g/mol. The zero-order chi connectivity index (χ0) is 26.0. The standard InChI is InChI=1S/C18H37NO.C7H17NO.HNO3/c1-2-3-4-5-6-7-8-9-10-11-12-13-14-15-16-17-18(19)20;1-4-5-6(9)7(2,3)8;2-1(3)4/h2-17H2,1H3,(H2,19,20);6,9H,4-5,8H2,1-3H3;(H,2,3,4). The van der Waals surface area contributed by atoms with Crippen molar-refractivity contribution in [3.05, 3.63) is 10.1 Å². The topological polar surface area (TPSA) is 153 Å². The number of amides is 1. The molecule has 1 atom stereocenters. The maximum absolute atomic E-state index is 10.6. The smallest absolute Gasteiger partial charge is 0.291 e. The highest BCUT2D eigenvalue weighted by molar-refractivity contribution is 5.73. The Labute approximate surface area is 203 Å². The van der Waals surface area contributed by atoms with Crippen LogP contribution in [0.4, 0.5) is 0 Å². The quantitative estimate of drug-likeness (QED) is 0.0976. The van der Waals surface area contributed by atoms with E-state index in [0.29, 0.717) is 6.42 Å². The third-order valence-corrected chi connectivity index (χ3v) is 5.45. The largest absolute Gasteiger partial charge is 0.391 e. The zero-order valence-electron chi connectivity index (χ0n) is 22.0. The van der Waals surface area contributed by atoms with Crippen LogP contribution in [0, 0.1) is 10.1 Å². The number of hydrogen-bond donors (Lipinski definition) is 4. The zero-order valence-corrected chi connectivity index (χ0v) is 22.0. The van der Waals surface area contributed by atoms with Crippen LogP contribution in [0.25, 0.3) is 0 Å². The Hall–Kier alpha value is -1.41. The van der Waals surface area contributed by atoms with Crippen LogP contribution in [-0.4, -0.2) is 33.0 Å². The van der Waals surface area contributed by atoms with Gasteiger partial charge in [-0.05, 0) is 26.7 Å². The second-order valence-corrected chi connectivity index (χ2v) is 9.53. The van der Waals surface area contributed by atoms with Gasteiger partial charge in [-0.1, -0.05) is 110 Å². The van der Waals surface area contributed by atoms with E-state index < -0.39 is 10.6 Å². The van der Waals surface area contributed by atoms with Gasteiger partial charge in [0.15, 0.2) is 0 Å². The fourth-order valence-corrected chi connectivity index (χ4v) is 3.32. The van der Waals surface area contributed by atoms with E-state index >= 15 is 0 Å². The Morgan fingerprint density at radius 1 is 0.818 bits per heavy atom. The molecule has 200 valence electrons. The van der Waals surface area contributed by atoms with Crippen LogP contribution < -0.4 is 11.5 Å². The Balaban J connectivity index is -0.000000569. The lowest BCUT2D eigenvalue weighted by Crippen LogP contribution is -2.44. The van der Waals surface area contributed by atoms with Gasteiger partial charge in [-0.3, -0.25) is 4.79 Å². The summed E-state index contributed by atoms with van der Waals surface area (Å²) >= 11 is 0. The Kier molecular flexibility index (Phi) is 29.4. The number of nitrogens with zero attached hydrogens (tertiary/aromatic N) is 1. The number of hydrogen-bond acceptors (Lipinski definition) is 5. The summed E-state index contributed by atoms with van der Waals surface area (Å²) in [6.07, 6.45) is 22.3. The van der Waals surface area contributed by atoms with Crippen molar-refractivity contribution < 1.29 is 20.2 Å². The lowest BCUT2D eigenvalue weighted by atomic mass is 9.95. The molecule has 0 aliphatic carbocycles. The molecule has 0 bridgehead atoms. The summed E-state index contributed by atoms with van der Waals surface area (Å²) < 4.78 is 0. The number of carbonyl (C=O) groups is 1. The van der Waals surface area contributed by atoms with Gasteiger partial charge in [0.1, 0.15) is 0 Å². The third kappa shape index (κ3) is 41.4. The van der Waals surface area contributed by atoms with E-state index in [9.17, 15) is 9.90 Å². The van der Waals surface area contributed by atoms with Crippen molar-refractivity contribution in [1.82, 2.24) is 0 Å². The van der Waals surface area contributed by atoms with Gasteiger partial charge in [0.25, 0.3) is 5.09 Å². The first kappa shape index (κ1) is 36.2. The van der Waals surface area contributed by atoms with Crippen LogP contribution in [0.1, 0.15) is 143 Å². The maximum Gasteiger partial charge on any atom is 0.291 e. The maximum atomic E-state index is 10.6. The van der Waals surface area contributed by atoms with Gasteiger partial charge in [0.2, 0.25) is 5.91 Å². The number of aliphatic hydroxyl groups is 1. The number of nitrogens with two attached hydrogens (primary N) is 2. The predicted octanol–water partition coefficient (Wildman–Crippen LogP) is 6.27. The molecular formula is C25H55N3O5. The first-order valence-electron chi connectivity index (χ1n) is 13.1. The molecule has 0 aromatic rings. The van der Waals surface area contributed by atoms with Crippen LogP contribution in [0.15, 0.2) is 0 Å². The molecule has 0 fully saturated rings. The lowest BCUT2D eigenvalue weighted by Gasteiger charge is -2.25. The molecule has 0 aliphatic rings. The molecule has 0 heterocycles. The monoisotopic (exact) mass is 477 g/mol. The van der Waals surface area contributed by atoms with E-state index in [1.54, 1.807) is 0 Å². The third-order valence-electron chi connectivity index (χ3n) is 5.45. The molecule has 0 aliphatic heterocycles. The van der Waals surface area contributed by atoms with Crippen molar-refractivity contribution in [3.63, 3.8) is 0 Å². The van der Waals surface area contributed by atoms with Crippen molar-refractivity contribution in [3.8, 4) is 0 Å². The minimum atomic E-state index is -1.50. The van der Waals surface area contributed by atoms with Gasteiger partial charge in [0.05, 0.1) is 6.10 Å².